The summed E-state index contributed by atoms with van der Waals surface area (Å²) in [6, 6.07) is 13.6. The summed E-state index contributed by atoms with van der Waals surface area (Å²) in [6.45, 7) is 0.236. The fourth-order valence-electron chi connectivity index (χ4n) is 2.55. The first-order valence-electron chi connectivity index (χ1n) is 7.92. The molecule has 0 spiro atoms. The number of ether oxygens (including phenoxy) is 1. The highest BCUT2D eigenvalue weighted by atomic mass is 79.9. The van der Waals surface area contributed by atoms with E-state index in [1.54, 1.807) is 35.6 Å². The van der Waals surface area contributed by atoms with Crippen molar-refractivity contribution in [2.45, 2.75) is 6.61 Å². The Bertz CT molecular complexity index is 1130. The lowest BCUT2D eigenvalue weighted by molar-refractivity contribution is 0.306. The molecule has 0 amide bonds. The van der Waals surface area contributed by atoms with Crippen molar-refractivity contribution in [1.82, 2.24) is 9.97 Å². The van der Waals surface area contributed by atoms with E-state index in [0.717, 1.165) is 25.3 Å². The Morgan fingerprint density at radius 3 is 2.79 bits per heavy atom. The van der Waals surface area contributed by atoms with Gasteiger partial charge in [0.05, 0.1) is 14.2 Å². The third-order valence-corrected chi connectivity index (χ3v) is 5.62. The highest BCUT2D eigenvalue weighted by Crippen LogP contribution is 2.34. The van der Waals surface area contributed by atoms with Crippen LogP contribution in [-0.4, -0.2) is 9.97 Å². The lowest BCUT2D eigenvalue weighted by Crippen LogP contribution is -1.98. The van der Waals surface area contributed by atoms with Crippen LogP contribution in [0.5, 0.6) is 5.75 Å². The predicted octanol–water partition coefficient (Wildman–Crippen LogP) is 6.99. The second-order valence-corrected chi connectivity index (χ2v) is 8.50. The Morgan fingerprint density at radius 1 is 1.14 bits per heavy atom. The van der Waals surface area contributed by atoms with Crippen LogP contribution >= 0.6 is 51.3 Å². The van der Waals surface area contributed by atoms with E-state index in [1.807, 2.05) is 12.1 Å². The van der Waals surface area contributed by atoms with E-state index in [-0.39, 0.29) is 24.8 Å². The van der Waals surface area contributed by atoms with Gasteiger partial charge in [0.1, 0.15) is 35.1 Å². The molecule has 0 saturated carbocycles. The zero-order valence-electron chi connectivity index (χ0n) is 14.2. The maximum atomic E-state index is 13.2. The highest BCUT2D eigenvalue weighted by molar-refractivity contribution is 9.11. The fraction of sp³-hybridized carbons (Fsp3) is 0.0526. The molecular formula is C19H13BrCl2FN3OS. The SMILES string of the molecule is Cl.Fc1cccc(COc2ccc(Nc3ncnc4sc(Br)cc34)cc2Cl)c1. The maximum absolute atomic E-state index is 13.2. The van der Waals surface area contributed by atoms with Crippen molar-refractivity contribution >= 4 is 73.0 Å². The molecule has 0 saturated heterocycles. The first kappa shape index (κ1) is 20.8. The number of rotatable bonds is 5. The van der Waals surface area contributed by atoms with Gasteiger partial charge in [-0.2, -0.15) is 0 Å². The summed E-state index contributed by atoms with van der Waals surface area (Å²) < 4.78 is 19.9. The van der Waals surface area contributed by atoms with Crippen molar-refractivity contribution < 1.29 is 9.13 Å². The van der Waals surface area contributed by atoms with Crippen LogP contribution in [0.15, 0.2) is 58.6 Å². The molecule has 0 aliphatic carbocycles. The molecule has 4 aromatic rings. The third-order valence-electron chi connectivity index (χ3n) is 3.78. The van der Waals surface area contributed by atoms with Gasteiger partial charge in [-0.05, 0) is 57.9 Å². The van der Waals surface area contributed by atoms with Crippen LogP contribution < -0.4 is 10.1 Å². The van der Waals surface area contributed by atoms with Gasteiger partial charge < -0.3 is 10.1 Å². The molecule has 0 unspecified atom stereocenters. The van der Waals surface area contributed by atoms with Crippen LogP contribution in [-0.2, 0) is 6.61 Å². The van der Waals surface area contributed by atoms with Crippen LogP contribution in [0, 0.1) is 5.82 Å². The molecule has 0 aliphatic rings. The van der Waals surface area contributed by atoms with Crippen molar-refractivity contribution in [3.63, 3.8) is 0 Å². The summed E-state index contributed by atoms with van der Waals surface area (Å²) in [7, 11) is 0. The molecule has 4 nitrogen and oxygen atoms in total. The summed E-state index contributed by atoms with van der Waals surface area (Å²) in [5, 5.41) is 4.63. The van der Waals surface area contributed by atoms with Gasteiger partial charge in [-0.15, -0.1) is 23.7 Å². The van der Waals surface area contributed by atoms with E-state index in [1.165, 1.54) is 18.5 Å². The van der Waals surface area contributed by atoms with Crippen LogP contribution in [0.2, 0.25) is 5.02 Å². The number of anilines is 2. The number of benzene rings is 2. The van der Waals surface area contributed by atoms with Crippen molar-refractivity contribution in [1.29, 1.82) is 0 Å². The predicted molar refractivity (Wildman–Crippen MR) is 118 cm³/mol. The van der Waals surface area contributed by atoms with Gasteiger partial charge in [0.2, 0.25) is 0 Å². The van der Waals surface area contributed by atoms with Gasteiger partial charge >= 0.3 is 0 Å². The van der Waals surface area contributed by atoms with E-state index >= 15 is 0 Å². The number of nitrogens with zero attached hydrogens (tertiary/aromatic N) is 2. The minimum absolute atomic E-state index is 0. The zero-order valence-corrected chi connectivity index (χ0v) is 18.1. The lowest BCUT2D eigenvalue weighted by Gasteiger charge is -2.11. The molecule has 0 bridgehead atoms. The summed E-state index contributed by atoms with van der Waals surface area (Å²) in [5.74, 6) is 0.932. The van der Waals surface area contributed by atoms with E-state index in [4.69, 9.17) is 16.3 Å². The number of nitrogens with one attached hydrogen (secondary N) is 1. The Morgan fingerprint density at radius 2 is 2.00 bits per heavy atom. The van der Waals surface area contributed by atoms with Crippen LogP contribution in [0.3, 0.4) is 0 Å². The van der Waals surface area contributed by atoms with Crippen LogP contribution in [0.4, 0.5) is 15.9 Å². The van der Waals surface area contributed by atoms with Gasteiger partial charge in [0.15, 0.2) is 0 Å². The highest BCUT2D eigenvalue weighted by Gasteiger charge is 2.09. The average molecular weight is 501 g/mol. The van der Waals surface area contributed by atoms with Crippen molar-refractivity contribution in [3.05, 3.63) is 75.0 Å². The molecule has 1 N–H and O–H groups in total. The fourth-order valence-corrected chi connectivity index (χ4v) is 4.20. The van der Waals surface area contributed by atoms with E-state index in [9.17, 15) is 4.39 Å². The number of hydrogen-bond acceptors (Lipinski definition) is 5. The lowest BCUT2D eigenvalue weighted by atomic mass is 10.2. The summed E-state index contributed by atoms with van der Waals surface area (Å²) in [5.41, 5.74) is 1.51. The Hall–Kier alpha value is -1.93. The molecule has 0 atom stereocenters. The smallest absolute Gasteiger partial charge is 0.142 e. The minimum Gasteiger partial charge on any atom is -0.487 e. The molecule has 9 heteroatoms. The maximum Gasteiger partial charge on any atom is 0.142 e. The van der Waals surface area contributed by atoms with Gasteiger partial charge in [-0.3, -0.25) is 0 Å². The van der Waals surface area contributed by atoms with Gasteiger partial charge in [-0.25, -0.2) is 14.4 Å². The number of aromatic nitrogens is 2. The molecule has 4 rings (SSSR count). The molecule has 2 aromatic heterocycles. The third kappa shape index (κ3) is 4.72. The van der Waals surface area contributed by atoms with Crippen molar-refractivity contribution in [3.8, 4) is 5.75 Å². The quantitative estimate of drug-likeness (QED) is 0.320. The topological polar surface area (TPSA) is 47.0 Å². The molecule has 0 fully saturated rings. The monoisotopic (exact) mass is 499 g/mol. The van der Waals surface area contributed by atoms with Crippen LogP contribution in [0.25, 0.3) is 10.2 Å². The normalized spacial score (nSPS) is 10.5. The molecule has 28 heavy (non-hydrogen) atoms. The molecule has 0 aliphatic heterocycles. The average Bonchev–Trinajstić information content (AvgIpc) is 3.02. The van der Waals surface area contributed by atoms with Crippen molar-refractivity contribution in [2.75, 3.05) is 5.32 Å². The van der Waals surface area contributed by atoms with E-state index in [2.05, 4.69) is 31.2 Å². The standard InChI is InChI=1S/C19H12BrClFN3OS.ClH/c20-17-8-14-18(23-10-24-19(14)27-17)25-13-4-5-16(15(21)7-13)26-9-11-2-1-3-12(22)6-11;/h1-8,10H,9H2,(H,23,24,25);1H. The zero-order chi connectivity index (χ0) is 18.8. The largest absolute Gasteiger partial charge is 0.487 e. The number of fused-ring (bicyclic) bond motifs is 1. The first-order valence-corrected chi connectivity index (χ1v) is 9.91. The number of thiophene rings is 1. The summed E-state index contributed by atoms with van der Waals surface area (Å²) in [4.78, 5) is 9.45. The summed E-state index contributed by atoms with van der Waals surface area (Å²) >= 11 is 11.3. The molecule has 2 aromatic carbocycles. The number of hydrogen-bond donors (Lipinski definition) is 1. The Balaban J connectivity index is 0.00000225. The second-order valence-electron chi connectivity index (χ2n) is 5.68. The number of halogens is 4. The van der Waals surface area contributed by atoms with E-state index < -0.39 is 0 Å². The minimum atomic E-state index is -0.294. The van der Waals surface area contributed by atoms with Crippen LogP contribution in [0.1, 0.15) is 5.56 Å². The van der Waals surface area contributed by atoms with E-state index in [0.29, 0.717) is 16.6 Å². The Labute approximate surface area is 184 Å². The van der Waals surface area contributed by atoms with Gasteiger partial charge in [0.25, 0.3) is 0 Å². The first-order chi connectivity index (χ1) is 13.1. The van der Waals surface area contributed by atoms with Crippen molar-refractivity contribution in [2.24, 2.45) is 0 Å². The molecule has 0 radical (unpaired) electrons. The van der Waals surface area contributed by atoms with Gasteiger partial charge in [-0.1, -0.05) is 23.7 Å². The molecule has 2 heterocycles. The molecular weight excluding hydrogens is 488 g/mol. The van der Waals surface area contributed by atoms with Gasteiger partial charge in [0, 0.05) is 5.69 Å². The molecule has 144 valence electrons. The Kier molecular flexibility index (Phi) is 6.72. The summed E-state index contributed by atoms with van der Waals surface area (Å²) in [6.07, 6.45) is 1.52. The second kappa shape index (κ2) is 9.05.